The lowest BCUT2D eigenvalue weighted by Crippen LogP contribution is -2.55. The number of likely N-dealkylation sites (N-methyl/N-ethyl adjacent to an activating group) is 1. The molecule has 1 amide bonds. The van der Waals surface area contributed by atoms with Gasteiger partial charge in [-0.05, 0) is 68.6 Å². The van der Waals surface area contributed by atoms with E-state index in [0.717, 1.165) is 17.8 Å². The first-order valence-corrected chi connectivity index (χ1v) is 7.55. The van der Waals surface area contributed by atoms with Crippen molar-refractivity contribution in [3.05, 3.63) is 0 Å². The fourth-order valence-corrected chi connectivity index (χ4v) is 5.26. The number of hydrogen-bond acceptors (Lipinski definition) is 2. The van der Waals surface area contributed by atoms with E-state index in [0.29, 0.717) is 18.0 Å². The molecule has 3 heteroatoms. The highest BCUT2D eigenvalue weighted by molar-refractivity contribution is 5.77. The topological polar surface area (TPSA) is 41.1 Å². The van der Waals surface area contributed by atoms with Gasteiger partial charge in [0.15, 0.2) is 0 Å². The van der Waals surface area contributed by atoms with Gasteiger partial charge in [-0.15, -0.1) is 0 Å². The maximum Gasteiger partial charge on any atom is 0.233 e. The average molecular weight is 250 g/mol. The van der Waals surface area contributed by atoms with Crippen LogP contribution in [-0.4, -0.2) is 25.5 Å². The van der Waals surface area contributed by atoms with Crippen molar-refractivity contribution in [3.8, 4) is 0 Å². The predicted octanol–water partition coefficient (Wildman–Crippen LogP) is 1.93. The van der Waals surface area contributed by atoms with Gasteiger partial charge >= 0.3 is 0 Å². The van der Waals surface area contributed by atoms with Gasteiger partial charge in [0.2, 0.25) is 5.91 Å². The Labute approximate surface area is 110 Å². The second kappa shape index (κ2) is 4.52. The molecule has 102 valence electrons. The van der Waals surface area contributed by atoms with Crippen LogP contribution in [0.2, 0.25) is 0 Å². The molecule has 0 spiro atoms. The molecule has 4 rings (SSSR count). The van der Waals surface area contributed by atoms with Crippen LogP contribution < -0.4 is 10.6 Å². The summed E-state index contributed by atoms with van der Waals surface area (Å²) in [6.45, 7) is 2.77. The Bertz CT molecular complexity index is 304. The van der Waals surface area contributed by atoms with Crippen LogP contribution in [-0.2, 0) is 4.79 Å². The van der Waals surface area contributed by atoms with Gasteiger partial charge in [0, 0.05) is 13.1 Å². The fourth-order valence-electron chi connectivity index (χ4n) is 5.26. The zero-order chi connectivity index (χ0) is 12.8. The minimum atomic E-state index is 0.103. The van der Waals surface area contributed by atoms with E-state index in [1.165, 1.54) is 38.5 Å². The lowest BCUT2D eigenvalue weighted by atomic mass is 9.48. The third kappa shape index (κ3) is 2.07. The second-order valence-corrected chi connectivity index (χ2v) is 7.06. The van der Waals surface area contributed by atoms with E-state index in [4.69, 9.17) is 0 Å². The van der Waals surface area contributed by atoms with Crippen molar-refractivity contribution in [2.45, 2.75) is 51.5 Å². The number of hydrogen-bond donors (Lipinski definition) is 2. The van der Waals surface area contributed by atoms with Crippen LogP contribution >= 0.6 is 0 Å². The van der Waals surface area contributed by atoms with E-state index in [1.807, 2.05) is 0 Å². The first-order chi connectivity index (χ1) is 8.61. The lowest BCUT2D eigenvalue weighted by Gasteiger charge is -2.59. The Kier molecular flexibility index (Phi) is 3.13. The van der Waals surface area contributed by atoms with E-state index < -0.39 is 0 Å². The van der Waals surface area contributed by atoms with Gasteiger partial charge in [-0.2, -0.15) is 0 Å². The molecule has 4 aliphatic carbocycles. The standard InChI is InChI=1S/C15H26N2O/c1-10(17-9-14(18)16-2)15-6-11-3-12(7-15)5-13(4-11)8-15/h10-13,17H,3-9H2,1-2H3,(H,16,18). The summed E-state index contributed by atoms with van der Waals surface area (Å²) >= 11 is 0. The number of rotatable bonds is 4. The molecule has 0 heterocycles. The molecule has 0 aromatic rings. The highest BCUT2D eigenvalue weighted by atomic mass is 16.1. The highest BCUT2D eigenvalue weighted by Gasteiger charge is 2.52. The molecular weight excluding hydrogens is 224 g/mol. The van der Waals surface area contributed by atoms with Crippen molar-refractivity contribution in [1.29, 1.82) is 0 Å². The quantitative estimate of drug-likeness (QED) is 0.800. The first kappa shape index (κ1) is 12.5. The summed E-state index contributed by atoms with van der Waals surface area (Å²) in [5.74, 6) is 3.06. The molecule has 18 heavy (non-hydrogen) atoms. The van der Waals surface area contributed by atoms with Crippen molar-refractivity contribution >= 4 is 5.91 Å². The Morgan fingerprint density at radius 1 is 1.17 bits per heavy atom. The number of carbonyl (C=O) groups excluding carboxylic acids is 1. The number of amides is 1. The van der Waals surface area contributed by atoms with Gasteiger partial charge in [-0.1, -0.05) is 0 Å². The number of carbonyl (C=O) groups is 1. The minimum absolute atomic E-state index is 0.103. The summed E-state index contributed by atoms with van der Waals surface area (Å²) < 4.78 is 0. The van der Waals surface area contributed by atoms with Crippen molar-refractivity contribution < 1.29 is 4.79 Å². The predicted molar refractivity (Wildman–Crippen MR) is 72.1 cm³/mol. The monoisotopic (exact) mass is 250 g/mol. The van der Waals surface area contributed by atoms with Crippen LogP contribution in [0, 0.1) is 23.2 Å². The maximum absolute atomic E-state index is 11.4. The number of nitrogens with one attached hydrogen (secondary N) is 2. The van der Waals surface area contributed by atoms with Crippen molar-refractivity contribution in [2.75, 3.05) is 13.6 Å². The summed E-state index contributed by atoms with van der Waals surface area (Å²) in [7, 11) is 1.71. The van der Waals surface area contributed by atoms with Crippen LogP contribution in [0.4, 0.5) is 0 Å². The van der Waals surface area contributed by atoms with Crippen molar-refractivity contribution in [1.82, 2.24) is 10.6 Å². The second-order valence-electron chi connectivity index (χ2n) is 7.06. The minimum Gasteiger partial charge on any atom is -0.358 e. The average Bonchev–Trinajstić information content (AvgIpc) is 2.33. The van der Waals surface area contributed by atoms with Crippen LogP contribution in [0.3, 0.4) is 0 Å². The third-order valence-electron chi connectivity index (χ3n) is 5.85. The van der Waals surface area contributed by atoms with Gasteiger partial charge in [0.25, 0.3) is 0 Å². The van der Waals surface area contributed by atoms with Crippen LogP contribution in [0.1, 0.15) is 45.4 Å². The molecular formula is C15H26N2O. The van der Waals surface area contributed by atoms with Crippen LogP contribution in [0.25, 0.3) is 0 Å². The summed E-state index contributed by atoms with van der Waals surface area (Å²) in [5.41, 5.74) is 0.503. The first-order valence-electron chi connectivity index (χ1n) is 7.55. The van der Waals surface area contributed by atoms with Crippen LogP contribution in [0.15, 0.2) is 0 Å². The molecule has 0 aromatic carbocycles. The van der Waals surface area contributed by atoms with E-state index >= 15 is 0 Å². The Hall–Kier alpha value is -0.570. The van der Waals surface area contributed by atoms with Crippen molar-refractivity contribution in [3.63, 3.8) is 0 Å². The molecule has 0 radical (unpaired) electrons. The lowest BCUT2D eigenvalue weighted by molar-refractivity contribution is -0.120. The van der Waals surface area contributed by atoms with Gasteiger partial charge in [0.1, 0.15) is 0 Å². The largest absolute Gasteiger partial charge is 0.358 e. The Morgan fingerprint density at radius 3 is 2.11 bits per heavy atom. The normalized spacial score (nSPS) is 42.9. The van der Waals surface area contributed by atoms with E-state index in [1.54, 1.807) is 7.05 Å². The molecule has 0 aromatic heterocycles. The summed E-state index contributed by atoms with van der Waals surface area (Å²) in [4.78, 5) is 11.4. The van der Waals surface area contributed by atoms with E-state index in [-0.39, 0.29) is 5.91 Å². The maximum atomic E-state index is 11.4. The summed E-state index contributed by atoms with van der Waals surface area (Å²) in [6.07, 6.45) is 8.67. The zero-order valence-corrected chi connectivity index (χ0v) is 11.7. The van der Waals surface area contributed by atoms with Crippen molar-refractivity contribution in [2.24, 2.45) is 23.2 Å². The van der Waals surface area contributed by atoms with E-state index in [2.05, 4.69) is 17.6 Å². The fraction of sp³-hybridized carbons (Fsp3) is 0.933. The van der Waals surface area contributed by atoms with E-state index in [9.17, 15) is 4.79 Å². The van der Waals surface area contributed by atoms with Gasteiger partial charge in [-0.25, -0.2) is 0 Å². The molecule has 4 bridgehead atoms. The van der Waals surface area contributed by atoms with Gasteiger partial charge < -0.3 is 10.6 Å². The molecule has 2 N–H and O–H groups in total. The van der Waals surface area contributed by atoms with Gasteiger partial charge in [-0.3, -0.25) is 4.79 Å². The molecule has 1 unspecified atom stereocenters. The Morgan fingerprint density at radius 2 is 1.67 bits per heavy atom. The highest BCUT2D eigenvalue weighted by Crippen LogP contribution is 2.61. The molecule has 4 fully saturated rings. The summed E-state index contributed by atoms with van der Waals surface area (Å²) in [5, 5.41) is 6.17. The van der Waals surface area contributed by atoms with Gasteiger partial charge in [0.05, 0.1) is 6.54 Å². The smallest absolute Gasteiger partial charge is 0.233 e. The summed E-state index contributed by atoms with van der Waals surface area (Å²) in [6, 6.07) is 0.489. The molecule has 3 nitrogen and oxygen atoms in total. The Balaban J connectivity index is 1.65. The molecule has 1 atom stereocenters. The molecule has 4 aliphatic rings. The SMILES string of the molecule is CNC(=O)CNC(C)C12CC3CC(CC(C3)C1)C2. The third-order valence-corrected chi connectivity index (χ3v) is 5.85. The molecule has 4 saturated carbocycles. The molecule has 0 aliphatic heterocycles. The van der Waals surface area contributed by atoms with Crippen LogP contribution in [0.5, 0.6) is 0 Å². The molecule has 0 saturated heterocycles. The zero-order valence-electron chi connectivity index (χ0n) is 11.7.